The molecule has 0 aliphatic heterocycles. The molecule has 0 aliphatic rings. The van der Waals surface area contributed by atoms with Crippen LogP contribution in [0.4, 0.5) is 18.2 Å². The second-order valence-electron chi connectivity index (χ2n) is 6.34. The molecule has 2 rings (SSSR count). The third-order valence-electron chi connectivity index (χ3n) is 4.11. The predicted octanol–water partition coefficient (Wildman–Crippen LogP) is 4.33. The standard InChI is InChI=1S/C18H19BrF3N3O5S/c1-5-6-30-16(27)11-8(2)13(17(28)29-4)31-15(11)23-10(26)7-25-9(3)12(19)14(24-25)18(20,21)22/h5-7H2,1-4H3,(H,23,26). The Morgan fingerprint density at radius 3 is 2.39 bits per heavy atom. The van der Waals surface area contributed by atoms with Gasteiger partial charge in [0.05, 0.1) is 29.4 Å². The molecule has 0 aromatic carbocycles. The third-order valence-corrected chi connectivity index (χ3v) is 6.24. The summed E-state index contributed by atoms with van der Waals surface area (Å²) < 4.78 is 49.5. The summed E-state index contributed by atoms with van der Waals surface area (Å²) in [6.45, 7) is 4.27. The second kappa shape index (κ2) is 9.81. The van der Waals surface area contributed by atoms with E-state index in [4.69, 9.17) is 9.47 Å². The summed E-state index contributed by atoms with van der Waals surface area (Å²) in [6.07, 6.45) is -4.13. The molecule has 0 aliphatic carbocycles. The second-order valence-corrected chi connectivity index (χ2v) is 8.15. The molecule has 0 fully saturated rings. The minimum Gasteiger partial charge on any atom is -0.465 e. The van der Waals surface area contributed by atoms with Gasteiger partial charge in [-0.15, -0.1) is 11.3 Å². The van der Waals surface area contributed by atoms with Gasteiger partial charge in [-0.1, -0.05) is 6.92 Å². The molecule has 0 spiro atoms. The van der Waals surface area contributed by atoms with Gasteiger partial charge >= 0.3 is 18.1 Å². The van der Waals surface area contributed by atoms with Gasteiger partial charge in [-0.05, 0) is 41.8 Å². The van der Waals surface area contributed by atoms with E-state index in [0.717, 1.165) is 16.0 Å². The third kappa shape index (κ3) is 5.45. The summed E-state index contributed by atoms with van der Waals surface area (Å²) in [7, 11) is 1.17. The number of carbonyl (C=O) groups is 3. The number of esters is 2. The lowest BCUT2D eigenvalue weighted by Crippen LogP contribution is -2.21. The zero-order valence-corrected chi connectivity index (χ0v) is 19.4. The van der Waals surface area contributed by atoms with Gasteiger partial charge in [-0.3, -0.25) is 9.48 Å². The normalized spacial score (nSPS) is 11.4. The van der Waals surface area contributed by atoms with Crippen molar-refractivity contribution in [2.24, 2.45) is 0 Å². The number of anilines is 1. The molecule has 0 saturated heterocycles. The highest BCUT2D eigenvalue weighted by Gasteiger charge is 2.38. The number of ether oxygens (including phenoxy) is 2. The van der Waals surface area contributed by atoms with E-state index < -0.39 is 36.3 Å². The monoisotopic (exact) mass is 525 g/mol. The first-order valence-corrected chi connectivity index (χ1v) is 10.5. The van der Waals surface area contributed by atoms with Gasteiger partial charge in [0.1, 0.15) is 16.4 Å². The van der Waals surface area contributed by atoms with Crippen LogP contribution in [0.5, 0.6) is 0 Å². The van der Waals surface area contributed by atoms with E-state index in [1.807, 2.05) is 0 Å². The summed E-state index contributed by atoms with van der Waals surface area (Å²) in [5, 5.41) is 5.94. The molecule has 0 radical (unpaired) electrons. The lowest BCUT2D eigenvalue weighted by atomic mass is 10.1. The minimum atomic E-state index is -4.69. The molecule has 0 saturated carbocycles. The van der Waals surface area contributed by atoms with Crippen molar-refractivity contribution in [1.82, 2.24) is 9.78 Å². The molecular weight excluding hydrogens is 507 g/mol. The van der Waals surface area contributed by atoms with Crippen LogP contribution in [0.15, 0.2) is 4.47 Å². The van der Waals surface area contributed by atoms with E-state index in [2.05, 4.69) is 26.3 Å². The van der Waals surface area contributed by atoms with Gasteiger partial charge in [0.25, 0.3) is 0 Å². The number of amides is 1. The van der Waals surface area contributed by atoms with Gasteiger partial charge < -0.3 is 14.8 Å². The minimum absolute atomic E-state index is 0.0125. The van der Waals surface area contributed by atoms with Gasteiger partial charge in [0.15, 0.2) is 5.69 Å². The lowest BCUT2D eigenvalue weighted by molar-refractivity contribution is -0.142. The molecule has 0 atom stereocenters. The molecule has 1 amide bonds. The van der Waals surface area contributed by atoms with Crippen LogP contribution in [-0.2, 0) is 27.0 Å². The molecule has 2 heterocycles. The summed E-state index contributed by atoms with van der Waals surface area (Å²) in [6, 6.07) is 0. The zero-order valence-electron chi connectivity index (χ0n) is 17.0. The highest BCUT2D eigenvalue weighted by Crippen LogP contribution is 2.36. The molecule has 8 nitrogen and oxygen atoms in total. The number of alkyl halides is 3. The van der Waals surface area contributed by atoms with Crippen molar-refractivity contribution in [3.05, 3.63) is 31.9 Å². The molecule has 1 N–H and O–H groups in total. The van der Waals surface area contributed by atoms with Crippen molar-refractivity contribution in [3.63, 3.8) is 0 Å². The summed E-state index contributed by atoms with van der Waals surface area (Å²) in [4.78, 5) is 37.1. The number of thiophene rings is 1. The number of hydrogen-bond acceptors (Lipinski definition) is 7. The maximum atomic E-state index is 13.0. The molecule has 170 valence electrons. The number of hydrogen-bond donors (Lipinski definition) is 1. The van der Waals surface area contributed by atoms with Crippen LogP contribution in [0, 0.1) is 13.8 Å². The van der Waals surface area contributed by atoms with Crippen LogP contribution in [0.3, 0.4) is 0 Å². The fourth-order valence-corrected chi connectivity index (χ4v) is 4.20. The maximum Gasteiger partial charge on any atom is 0.436 e. The number of nitrogens with zero attached hydrogens (tertiary/aromatic N) is 2. The van der Waals surface area contributed by atoms with Crippen molar-refractivity contribution in [2.45, 2.75) is 39.9 Å². The smallest absolute Gasteiger partial charge is 0.436 e. The first-order chi connectivity index (χ1) is 14.4. The predicted molar refractivity (Wildman–Crippen MR) is 109 cm³/mol. The number of rotatable bonds is 7. The molecule has 0 unspecified atom stereocenters. The molecule has 2 aromatic rings. The number of carbonyl (C=O) groups excluding carboxylic acids is 3. The Bertz CT molecular complexity index is 1020. The summed E-state index contributed by atoms with van der Waals surface area (Å²) in [5.74, 6) is -2.18. The van der Waals surface area contributed by atoms with E-state index in [0.29, 0.717) is 6.42 Å². The Balaban J connectivity index is 2.34. The fraction of sp³-hybridized carbons (Fsp3) is 0.444. The Morgan fingerprint density at radius 1 is 1.23 bits per heavy atom. The van der Waals surface area contributed by atoms with Crippen molar-refractivity contribution >= 4 is 50.1 Å². The Morgan fingerprint density at radius 2 is 1.87 bits per heavy atom. The van der Waals surface area contributed by atoms with E-state index in [9.17, 15) is 27.6 Å². The van der Waals surface area contributed by atoms with E-state index in [1.54, 1.807) is 6.92 Å². The number of nitrogens with one attached hydrogen (secondary N) is 1. The SMILES string of the molecule is CCCOC(=O)c1c(NC(=O)Cn2nc(C(F)(F)F)c(Br)c2C)sc(C(=O)OC)c1C. The van der Waals surface area contributed by atoms with Crippen LogP contribution < -0.4 is 5.32 Å². The van der Waals surface area contributed by atoms with Gasteiger partial charge in [0.2, 0.25) is 5.91 Å². The van der Waals surface area contributed by atoms with E-state index >= 15 is 0 Å². The highest BCUT2D eigenvalue weighted by molar-refractivity contribution is 9.10. The van der Waals surface area contributed by atoms with Crippen LogP contribution >= 0.6 is 27.3 Å². The zero-order chi connectivity index (χ0) is 23.5. The molecule has 2 aromatic heterocycles. The van der Waals surface area contributed by atoms with E-state index in [-0.39, 0.29) is 37.8 Å². The van der Waals surface area contributed by atoms with E-state index in [1.165, 1.54) is 21.0 Å². The van der Waals surface area contributed by atoms with Crippen molar-refractivity contribution in [3.8, 4) is 0 Å². The van der Waals surface area contributed by atoms with Crippen molar-refractivity contribution in [2.75, 3.05) is 19.0 Å². The van der Waals surface area contributed by atoms with Crippen molar-refractivity contribution < 1.29 is 37.0 Å². The maximum absolute atomic E-state index is 13.0. The molecule has 13 heteroatoms. The largest absolute Gasteiger partial charge is 0.465 e. The average Bonchev–Trinajstić information content (AvgIpc) is 3.16. The van der Waals surface area contributed by atoms with Gasteiger partial charge in [-0.2, -0.15) is 18.3 Å². The summed E-state index contributed by atoms with van der Waals surface area (Å²) in [5.41, 5.74) is -0.795. The highest BCUT2D eigenvalue weighted by atomic mass is 79.9. The molecule has 0 bridgehead atoms. The van der Waals surface area contributed by atoms with Crippen LogP contribution in [-0.4, -0.2) is 41.3 Å². The fourth-order valence-electron chi connectivity index (χ4n) is 2.56. The van der Waals surface area contributed by atoms with Crippen LogP contribution in [0.25, 0.3) is 0 Å². The first-order valence-electron chi connectivity index (χ1n) is 8.91. The van der Waals surface area contributed by atoms with Crippen LogP contribution in [0.2, 0.25) is 0 Å². The number of aromatic nitrogens is 2. The number of methoxy groups -OCH3 is 1. The Hall–Kier alpha value is -2.41. The quantitative estimate of drug-likeness (QED) is 0.540. The summed E-state index contributed by atoms with van der Waals surface area (Å²) >= 11 is 3.65. The Labute approximate surface area is 187 Å². The first kappa shape index (κ1) is 24.9. The number of halogens is 4. The van der Waals surface area contributed by atoms with Gasteiger partial charge in [-0.25, -0.2) is 9.59 Å². The molecule has 31 heavy (non-hydrogen) atoms. The van der Waals surface area contributed by atoms with Crippen LogP contribution in [0.1, 0.15) is 50.3 Å². The van der Waals surface area contributed by atoms with Crippen molar-refractivity contribution in [1.29, 1.82) is 0 Å². The lowest BCUT2D eigenvalue weighted by Gasteiger charge is -2.08. The topological polar surface area (TPSA) is 99.5 Å². The Kier molecular flexibility index (Phi) is 7.87. The molecular formula is C18H19BrF3N3O5S. The average molecular weight is 526 g/mol. The van der Waals surface area contributed by atoms with Gasteiger partial charge in [0, 0.05) is 0 Å².